The maximum absolute atomic E-state index is 12.6. The number of likely N-dealkylation sites (tertiary alicyclic amines) is 1. The van der Waals surface area contributed by atoms with Crippen molar-refractivity contribution in [2.24, 2.45) is 5.92 Å². The Balaban J connectivity index is 1.51. The third-order valence-electron chi connectivity index (χ3n) is 4.49. The molecule has 1 aromatic carbocycles. The number of rotatable bonds is 5. The number of ether oxygens (including phenoxy) is 1. The first-order valence-corrected chi connectivity index (χ1v) is 9.05. The molecule has 0 saturated carbocycles. The molecular formula is C20H23ClN2O2. The van der Waals surface area contributed by atoms with Crippen molar-refractivity contribution in [2.45, 2.75) is 26.2 Å². The fourth-order valence-corrected chi connectivity index (χ4v) is 3.27. The Morgan fingerprint density at radius 2 is 2.12 bits per heavy atom. The number of pyridine rings is 1. The summed E-state index contributed by atoms with van der Waals surface area (Å²) >= 11 is 5.90. The van der Waals surface area contributed by atoms with Crippen LogP contribution in [-0.2, 0) is 11.2 Å². The lowest BCUT2D eigenvalue weighted by Crippen LogP contribution is -2.42. The summed E-state index contributed by atoms with van der Waals surface area (Å²) in [6.07, 6.45) is 4.30. The van der Waals surface area contributed by atoms with E-state index in [1.54, 1.807) is 6.20 Å². The minimum Gasteiger partial charge on any atom is -0.493 e. The molecule has 1 aliphatic heterocycles. The second-order valence-corrected chi connectivity index (χ2v) is 7.03. The quantitative estimate of drug-likeness (QED) is 0.814. The summed E-state index contributed by atoms with van der Waals surface area (Å²) in [4.78, 5) is 18.7. The van der Waals surface area contributed by atoms with Gasteiger partial charge in [0.05, 0.1) is 13.0 Å². The highest BCUT2D eigenvalue weighted by Gasteiger charge is 2.24. The summed E-state index contributed by atoms with van der Waals surface area (Å²) in [5.41, 5.74) is 1.95. The topological polar surface area (TPSA) is 42.4 Å². The smallest absolute Gasteiger partial charge is 0.227 e. The molecule has 0 spiro atoms. The second-order valence-electron chi connectivity index (χ2n) is 6.60. The van der Waals surface area contributed by atoms with Gasteiger partial charge in [-0.1, -0.05) is 23.7 Å². The second kappa shape index (κ2) is 8.34. The van der Waals surface area contributed by atoms with E-state index in [0.29, 0.717) is 24.0 Å². The van der Waals surface area contributed by atoms with Crippen LogP contribution in [0.4, 0.5) is 0 Å². The van der Waals surface area contributed by atoms with E-state index in [4.69, 9.17) is 16.3 Å². The molecule has 1 amide bonds. The molecule has 0 bridgehead atoms. The maximum atomic E-state index is 12.6. The fraction of sp³-hybridized carbons (Fsp3) is 0.400. The predicted octanol–water partition coefficient (Wildman–Crippen LogP) is 3.90. The van der Waals surface area contributed by atoms with Gasteiger partial charge in [0, 0.05) is 42.0 Å². The van der Waals surface area contributed by atoms with E-state index in [9.17, 15) is 4.79 Å². The Morgan fingerprint density at radius 3 is 2.88 bits per heavy atom. The number of carbonyl (C=O) groups is 1. The van der Waals surface area contributed by atoms with Crippen LogP contribution in [0.25, 0.3) is 0 Å². The third-order valence-corrected chi connectivity index (χ3v) is 4.75. The molecule has 0 N–H and O–H groups in total. The Hall–Kier alpha value is -2.07. The highest BCUT2D eigenvalue weighted by Crippen LogP contribution is 2.20. The molecule has 5 heteroatoms. The number of halogens is 1. The van der Waals surface area contributed by atoms with Gasteiger partial charge in [-0.3, -0.25) is 9.78 Å². The molecule has 1 fully saturated rings. The van der Waals surface area contributed by atoms with Crippen LogP contribution in [0.3, 0.4) is 0 Å². The predicted molar refractivity (Wildman–Crippen MR) is 98.9 cm³/mol. The zero-order valence-electron chi connectivity index (χ0n) is 14.5. The highest BCUT2D eigenvalue weighted by molar-refractivity contribution is 6.30. The Bertz CT molecular complexity index is 718. The third kappa shape index (κ3) is 5.20. The van der Waals surface area contributed by atoms with E-state index in [2.05, 4.69) is 4.98 Å². The van der Waals surface area contributed by atoms with Crippen molar-refractivity contribution in [3.63, 3.8) is 0 Å². The number of nitrogens with zero attached hydrogens (tertiary/aromatic N) is 2. The van der Waals surface area contributed by atoms with Crippen LogP contribution < -0.4 is 4.74 Å². The summed E-state index contributed by atoms with van der Waals surface area (Å²) in [5, 5.41) is 0.692. The number of carbonyl (C=O) groups excluding carboxylic acids is 1. The molecule has 0 aliphatic carbocycles. The molecular weight excluding hydrogens is 336 g/mol. The van der Waals surface area contributed by atoms with E-state index in [0.717, 1.165) is 42.9 Å². The molecule has 1 saturated heterocycles. The molecule has 25 heavy (non-hydrogen) atoms. The highest BCUT2D eigenvalue weighted by atomic mass is 35.5. The van der Waals surface area contributed by atoms with Gasteiger partial charge in [-0.15, -0.1) is 0 Å². The Morgan fingerprint density at radius 1 is 1.32 bits per heavy atom. The molecule has 1 aromatic heterocycles. The minimum absolute atomic E-state index is 0.173. The molecule has 1 atom stereocenters. The van der Waals surface area contributed by atoms with E-state index >= 15 is 0 Å². The molecule has 1 aliphatic rings. The van der Waals surface area contributed by atoms with Gasteiger partial charge >= 0.3 is 0 Å². The number of hydrogen-bond donors (Lipinski definition) is 0. The van der Waals surface area contributed by atoms with Gasteiger partial charge in [-0.25, -0.2) is 0 Å². The normalized spacial score (nSPS) is 17.4. The number of aromatic nitrogens is 1. The van der Waals surface area contributed by atoms with Gasteiger partial charge in [-0.2, -0.15) is 0 Å². The van der Waals surface area contributed by atoms with Crippen molar-refractivity contribution in [3.8, 4) is 5.75 Å². The summed E-state index contributed by atoms with van der Waals surface area (Å²) < 4.78 is 5.89. The average Bonchev–Trinajstić information content (AvgIpc) is 2.62. The van der Waals surface area contributed by atoms with Gasteiger partial charge in [-0.05, 0) is 43.5 Å². The van der Waals surface area contributed by atoms with Gasteiger partial charge in [0.1, 0.15) is 5.75 Å². The van der Waals surface area contributed by atoms with Crippen molar-refractivity contribution in [2.75, 3.05) is 19.7 Å². The first kappa shape index (κ1) is 17.7. The van der Waals surface area contributed by atoms with Crippen LogP contribution >= 0.6 is 11.6 Å². The van der Waals surface area contributed by atoms with E-state index < -0.39 is 0 Å². The lowest BCUT2D eigenvalue weighted by Gasteiger charge is -2.32. The largest absolute Gasteiger partial charge is 0.493 e. The molecule has 2 heterocycles. The summed E-state index contributed by atoms with van der Waals surface area (Å²) in [7, 11) is 0. The van der Waals surface area contributed by atoms with E-state index in [1.165, 1.54) is 0 Å². The lowest BCUT2D eigenvalue weighted by atomic mass is 9.98. The molecule has 3 rings (SSSR count). The van der Waals surface area contributed by atoms with Crippen molar-refractivity contribution in [1.82, 2.24) is 9.88 Å². The number of hydrogen-bond acceptors (Lipinski definition) is 3. The standard InChI is InChI=1S/C20H23ClN2O2/c1-15-11-19(8-9-22-15)25-14-17-3-2-10-23(13-17)20(24)12-16-4-6-18(21)7-5-16/h4-9,11,17H,2-3,10,12-14H2,1H3. The number of benzene rings is 1. The number of piperidine rings is 1. The first-order chi connectivity index (χ1) is 12.1. The summed E-state index contributed by atoms with van der Waals surface area (Å²) in [6.45, 7) is 4.17. The molecule has 2 aromatic rings. The van der Waals surface area contributed by atoms with Crippen molar-refractivity contribution in [1.29, 1.82) is 0 Å². The molecule has 132 valence electrons. The van der Waals surface area contributed by atoms with Crippen molar-refractivity contribution < 1.29 is 9.53 Å². The van der Waals surface area contributed by atoms with Crippen molar-refractivity contribution >= 4 is 17.5 Å². The maximum Gasteiger partial charge on any atom is 0.227 e. The summed E-state index contributed by atoms with van der Waals surface area (Å²) in [6, 6.07) is 11.3. The number of aryl methyl sites for hydroxylation is 1. The van der Waals surface area contributed by atoms with Crippen LogP contribution in [0.15, 0.2) is 42.6 Å². The van der Waals surface area contributed by atoms with Gasteiger partial charge in [0.2, 0.25) is 5.91 Å². The zero-order valence-corrected chi connectivity index (χ0v) is 15.2. The lowest BCUT2D eigenvalue weighted by molar-refractivity contribution is -0.132. The van der Waals surface area contributed by atoms with Crippen LogP contribution in [0, 0.1) is 12.8 Å². The monoisotopic (exact) mass is 358 g/mol. The molecule has 0 radical (unpaired) electrons. The number of amides is 1. The van der Waals surface area contributed by atoms with Gasteiger partial charge in [0.15, 0.2) is 0 Å². The van der Waals surface area contributed by atoms with Crippen LogP contribution in [0.2, 0.25) is 5.02 Å². The van der Waals surface area contributed by atoms with E-state index in [-0.39, 0.29) is 5.91 Å². The Labute approximate surface area is 153 Å². The Kier molecular flexibility index (Phi) is 5.92. The van der Waals surface area contributed by atoms with E-state index in [1.807, 2.05) is 48.2 Å². The summed E-state index contributed by atoms with van der Waals surface area (Å²) in [5.74, 6) is 1.39. The first-order valence-electron chi connectivity index (χ1n) is 8.68. The van der Waals surface area contributed by atoms with Crippen LogP contribution in [0.5, 0.6) is 5.75 Å². The SMILES string of the molecule is Cc1cc(OCC2CCCN(C(=O)Cc3ccc(Cl)cc3)C2)ccn1. The zero-order chi connectivity index (χ0) is 17.6. The van der Waals surface area contributed by atoms with Crippen LogP contribution in [0.1, 0.15) is 24.1 Å². The van der Waals surface area contributed by atoms with Gasteiger partial charge in [0.25, 0.3) is 0 Å². The molecule has 1 unspecified atom stereocenters. The fourth-order valence-electron chi connectivity index (χ4n) is 3.14. The average molecular weight is 359 g/mol. The van der Waals surface area contributed by atoms with Crippen LogP contribution in [-0.4, -0.2) is 35.5 Å². The minimum atomic E-state index is 0.173. The van der Waals surface area contributed by atoms with Gasteiger partial charge < -0.3 is 9.64 Å². The van der Waals surface area contributed by atoms with Crippen molar-refractivity contribution in [3.05, 3.63) is 58.9 Å². The molecule has 4 nitrogen and oxygen atoms in total.